The van der Waals surface area contributed by atoms with Crippen LogP contribution < -0.4 is 15.6 Å². The second kappa shape index (κ2) is 8.43. The van der Waals surface area contributed by atoms with Crippen LogP contribution in [0.25, 0.3) is 10.9 Å². The number of carboxylic acid groups (broad SMARTS) is 1. The SMILES string of the molecule is CCO/N=C1\CN(c2cc3c(cc2F)c(=O)c(C(=O)O)cn3CC)CCC1(C)NC. The van der Waals surface area contributed by atoms with Crippen molar-refractivity contribution < 1.29 is 19.1 Å². The fraction of sp³-hybridized carbons (Fsp3) is 0.476. The molecule has 0 aliphatic carbocycles. The number of anilines is 1. The molecule has 0 spiro atoms. The van der Waals surface area contributed by atoms with E-state index in [1.165, 1.54) is 6.20 Å². The second-order valence-electron chi connectivity index (χ2n) is 7.49. The van der Waals surface area contributed by atoms with Crippen molar-refractivity contribution in [3.05, 3.63) is 39.9 Å². The van der Waals surface area contributed by atoms with Crippen molar-refractivity contribution in [3.8, 4) is 0 Å². The van der Waals surface area contributed by atoms with Gasteiger partial charge in [-0.1, -0.05) is 5.16 Å². The van der Waals surface area contributed by atoms with Gasteiger partial charge in [-0.25, -0.2) is 9.18 Å². The Labute approximate surface area is 173 Å². The van der Waals surface area contributed by atoms with Crippen LogP contribution in [0.5, 0.6) is 0 Å². The first-order valence-electron chi connectivity index (χ1n) is 9.98. The topological polar surface area (TPSA) is 96.2 Å². The summed E-state index contributed by atoms with van der Waals surface area (Å²) in [6.07, 6.45) is 2.00. The number of carbonyl (C=O) groups is 1. The highest BCUT2D eigenvalue weighted by Gasteiger charge is 2.36. The van der Waals surface area contributed by atoms with E-state index in [0.29, 0.717) is 43.9 Å². The quantitative estimate of drug-likeness (QED) is 0.700. The molecule has 2 N–H and O–H groups in total. The number of benzene rings is 1. The summed E-state index contributed by atoms with van der Waals surface area (Å²) < 4.78 is 16.7. The average Bonchev–Trinajstić information content (AvgIpc) is 2.73. The van der Waals surface area contributed by atoms with E-state index in [0.717, 1.165) is 11.8 Å². The molecule has 1 aliphatic rings. The van der Waals surface area contributed by atoms with Gasteiger partial charge in [0.2, 0.25) is 5.43 Å². The van der Waals surface area contributed by atoms with E-state index < -0.39 is 17.2 Å². The van der Waals surface area contributed by atoms with Crippen LogP contribution in [0.3, 0.4) is 0 Å². The van der Waals surface area contributed by atoms with Crippen LogP contribution in [0.1, 0.15) is 37.6 Å². The van der Waals surface area contributed by atoms with Crippen molar-refractivity contribution >= 4 is 28.3 Å². The number of aromatic nitrogens is 1. The van der Waals surface area contributed by atoms with Crippen molar-refractivity contribution in [3.63, 3.8) is 0 Å². The first-order chi connectivity index (χ1) is 14.3. The van der Waals surface area contributed by atoms with Crippen LogP contribution in [-0.2, 0) is 11.4 Å². The third-order valence-corrected chi connectivity index (χ3v) is 5.78. The largest absolute Gasteiger partial charge is 0.477 e. The number of nitrogens with zero attached hydrogens (tertiary/aromatic N) is 3. The molecule has 9 heteroatoms. The molecule has 0 amide bonds. The number of nitrogens with one attached hydrogen (secondary N) is 1. The molecule has 8 nitrogen and oxygen atoms in total. The lowest BCUT2D eigenvalue weighted by Crippen LogP contribution is -2.58. The van der Waals surface area contributed by atoms with Crippen LogP contribution >= 0.6 is 0 Å². The van der Waals surface area contributed by atoms with E-state index in [2.05, 4.69) is 10.5 Å². The normalized spacial score (nSPS) is 20.7. The van der Waals surface area contributed by atoms with Crippen LogP contribution in [0.4, 0.5) is 10.1 Å². The van der Waals surface area contributed by atoms with Gasteiger partial charge in [0.25, 0.3) is 0 Å². The molecule has 1 aromatic heterocycles. The Hall–Kier alpha value is -2.94. The van der Waals surface area contributed by atoms with E-state index >= 15 is 4.39 Å². The van der Waals surface area contributed by atoms with Crippen molar-refractivity contribution in [1.82, 2.24) is 9.88 Å². The molecule has 0 bridgehead atoms. The van der Waals surface area contributed by atoms with Crippen LogP contribution in [0.15, 0.2) is 28.3 Å². The Bertz CT molecular complexity index is 1070. The first kappa shape index (κ1) is 21.8. The van der Waals surface area contributed by atoms with E-state index in [-0.39, 0.29) is 16.5 Å². The Kier molecular flexibility index (Phi) is 6.12. The Morgan fingerprint density at radius 1 is 1.40 bits per heavy atom. The highest BCUT2D eigenvalue weighted by Crippen LogP contribution is 2.30. The minimum atomic E-state index is -1.33. The lowest BCUT2D eigenvalue weighted by Gasteiger charge is -2.41. The van der Waals surface area contributed by atoms with Crippen LogP contribution in [-0.4, -0.2) is 53.6 Å². The van der Waals surface area contributed by atoms with Gasteiger partial charge in [-0.05, 0) is 46.4 Å². The maximum absolute atomic E-state index is 15.1. The molecule has 2 heterocycles. The smallest absolute Gasteiger partial charge is 0.341 e. The maximum Gasteiger partial charge on any atom is 0.341 e. The fourth-order valence-electron chi connectivity index (χ4n) is 3.74. The molecule has 0 radical (unpaired) electrons. The summed E-state index contributed by atoms with van der Waals surface area (Å²) in [5, 5.41) is 16.9. The number of fused-ring (bicyclic) bond motifs is 1. The van der Waals surface area contributed by atoms with Crippen LogP contribution in [0.2, 0.25) is 0 Å². The molecule has 1 saturated heterocycles. The molecular formula is C21H27FN4O4. The predicted molar refractivity (Wildman–Crippen MR) is 114 cm³/mol. The highest BCUT2D eigenvalue weighted by atomic mass is 19.1. The predicted octanol–water partition coefficient (Wildman–Crippen LogP) is 2.44. The zero-order chi connectivity index (χ0) is 22.1. The minimum absolute atomic E-state index is 0.0540. The van der Waals surface area contributed by atoms with Gasteiger partial charge >= 0.3 is 5.97 Å². The summed E-state index contributed by atoms with van der Waals surface area (Å²) in [4.78, 5) is 31.1. The van der Waals surface area contributed by atoms with E-state index in [1.807, 2.05) is 32.7 Å². The average molecular weight is 418 g/mol. The number of carboxylic acids is 1. The van der Waals surface area contributed by atoms with Crippen molar-refractivity contribution in [2.45, 2.75) is 39.3 Å². The number of hydrogen-bond acceptors (Lipinski definition) is 6. The Morgan fingerprint density at radius 2 is 2.13 bits per heavy atom. The molecule has 1 fully saturated rings. The molecule has 1 atom stereocenters. The number of halogens is 1. The van der Waals surface area contributed by atoms with E-state index in [4.69, 9.17) is 4.84 Å². The van der Waals surface area contributed by atoms with Crippen molar-refractivity contribution in [2.24, 2.45) is 5.16 Å². The summed E-state index contributed by atoms with van der Waals surface area (Å²) in [6.45, 7) is 7.53. The van der Waals surface area contributed by atoms with Gasteiger partial charge in [0.15, 0.2) is 0 Å². The Morgan fingerprint density at radius 3 is 2.73 bits per heavy atom. The lowest BCUT2D eigenvalue weighted by molar-refractivity contribution is 0.0695. The molecule has 30 heavy (non-hydrogen) atoms. The molecule has 1 unspecified atom stereocenters. The van der Waals surface area contributed by atoms with Gasteiger partial charge in [-0.2, -0.15) is 0 Å². The molecular weight excluding hydrogens is 391 g/mol. The molecule has 2 aromatic rings. The zero-order valence-corrected chi connectivity index (χ0v) is 17.7. The summed E-state index contributed by atoms with van der Waals surface area (Å²) in [5.74, 6) is -1.90. The number of aryl methyl sites for hydroxylation is 1. The standard InChI is InChI=1S/C21H27FN4O4/c1-5-25-11-14(20(28)29)19(27)13-9-15(22)17(10-16(13)25)26-8-7-21(3,23-4)18(12-26)24-30-6-2/h9-11,23H,5-8,12H2,1-4H3,(H,28,29)/b24-18+. The van der Waals surface area contributed by atoms with E-state index in [9.17, 15) is 14.7 Å². The number of rotatable bonds is 6. The summed E-state index contributed by atoms with van der Waals surface area (Å²) in [5.41, 5.74) is 0.175. The minimum Gasteiger partial charge on any atom is -0.477 e. The zero-order valence-electron chi connectivity index (χ0n) is 17.7. The third-order valence-electron chi connectivity index (χ3n) is 5.78. The van der Waals surface area contributed by atoms with E-state index in [1.54, 1.807) is 10.6 Å². The van der Waals surface area contributed by atoms with Gasteiger partial charge in [0.05, 0.1) is 29.0 Å². The highest BCUT2D eigenvalue weighted by molar-refractivity contribution is 5.98. The van der Waals surface area contributed by atoms with Gasteiger partial charge in [0, 0.05) is 24.7 Å². The number of hydrogen-bond donors (Lipinski definition) is 2. The van der Waals surface area contributed by atoms with Crippen LogP contribution in [0, 0.1) is 5.82 Å². The van der Waals surface area contributed by atoms with Gasteiger partial charge in [-0.3, -0.25) is 4.79 Å². The lowest BCUT2D eigenvalue weighted by atomic mass is 9.87. The molecule has 3 rings (SSSR count). The summed E-state index contributed by atoms with van der Waals surface area (Å²) >= 11 is 0. The third kappa shape index (κ3) is 3.77. The maximum atomic E-state index is 15.1. The number of aromatic carboxylic acids is 1. The Balaban J connectivity index is 2.11. The number of oxime groups is 1. The van der Waals surface area contributed by atoms with Crippen molar-refractivity contribution in [2.75, 3.05) is 31.6 Å². The van der Waals surface area contributed by atoms with Gasteiger partial charge in [-0.15, -0.1) is 0 Å². The summed E-state index contributed by atoms with van der Waals surface area (Å²) in [6, 6.07) is 2.75. The van der Waals surface area contributed by atoms with Gasteiger partial charge < -0.3 is 24.7 Å². The second-order valence-corrected chi connectivity index (χ2v) is 7.49. The van der Waals surface area contributed by atoms with Crippen molar-refractivity contribution in [1.29, 1.82) is 0 Å². The number of piperidine rings is 1. The van der Waals surface area contributed by atoms with Gasteiger partial charge in [0.1, 0.15) is 18.0 Å². The molecule has 0 saturated carbocycles. The number of pyridine rings is 1. The molecule has 162 valence electrons. The first-order valence-corrected chi connectivity index (χ1v) is 9.98. The fourth-order valence-corrected chi connectivity index (χ4v) is 3.74. The summed E-state index contributed by atoms with van der Waals surface area (Å²) in [7, 11) is 1.85. The monoisotopic (exact) mass is 418 g/mol. The molecule has 1 aliphatic heterocycles. The molecule has 1 aromatic carbocycles.